The summed E-state index contributed by atoms with van der Waals surface area (Å²) in [5.74, 6) is -0.959. The second-order valence-corrected chi connectivity index (χ2v) is 7.22. The molecule has 0 radical (unpaired) electrons. The van der Waals surface area contributed by atoms with Crippen molar-refractivity contribution in [3.63, 3.8) is 0 Å². The molecular weight excluding hydrogens is 286 g/mol. The zero-order valence-corrected chi connectivity index (χ0v) is 12.6. The van der Waals surface area contributed by atoms with Gasteiger partial charge in [-0.2, -0.15) is 0 Å². The number of nitrogens with one attached hydrogen (secondary N) is 1. The lowest BCUT2D eigenvalue weighted by Crippen LogP contribution is -2.19. The molecule has 1 aromatic carbocycles. The van der Waals surface area contributed by atoms with E-state index in [0.717, 1.165) is 0 Å². The van der Waals surface area contributed by atoms with Crippen molar-refractivity contribution in [2.75, 3.05) is 11.1 Å². The van der Waals surface area contributed by atoms with Gasteiger partial charge in [-0.25, -0.2) is 4.79 Å². The Morgan fingerprint density at radius 2 is 1.95 bits per heavy atom. The van der Waals surface area contributed by atoms with Gasteiger partial charge in [0, 0.05) is 15.5 Å². The number of amides is 1. The molecule has 0 fully saturated rings. The Morgan fingerprint density at radius 1 is 1.32 bits per heavy atom. The third-order valence-corrected chi connectivity index (χ3v) is 3.56. The lowest BCUT2D eigenvalue weighted by molar-refractivity contribution is -0.113. The molecule has 0 bridgehead atoms. The average molecular weight is 302 g/mol. The minimum Gasteiger partial charge on any atom is -0.478 e. The van der Waals surface area contributed by atoms with Crippen molar-refractivity contribution in [2.24, 2.45) is 0 Å². The molecule has 0 aliphatic rings. The van der Waals surface area contributed by atoms with Gasteiger partial charge in [-0.1, -0.05) is 32.4 Å². The first-order valence-corrected chi connectivity index (χ1v) is 7.01. The highest BCUT2D eigenvalue weighted by Crippen LogP contribution is 2.24. The van der Waals surface area contributed by atoms with Crippen LogP contribution >= 0.6 is 23.4 Å². The van der Waals surface area contributed by atoms with Crippen LogP contribution < -0.4 is 5.32 Å². The van der Waals surface area contributed by atoms with E-state index in [1.54, 1.807) is 0 Å². The molecule has 0 saturated heterocycles. The molecule has 0 unspecified atom stereocenters. The largest absolute Gasteiger partial charge is 0.478 e. The fraction of sp³-hybridized carbons (Fsp3) is 0.385. The topological polar surface area (TPSA) is 66.4 Å². The van der Waals surface area contributed by atoms with Gasteiger partial charge < -0.3 is 10.4 Å². The highest BCUT2D eigenvalue weighted by atomic mass is 35.5. The van der Waals surface area contributed by atoms with E-state index in [0.29, 0.717) is 11.4 Å². The van der Waals surface area contributed by atoms with E-state index in [1.165, 1.54) is 30.0 Å². The number of carbonyl (C=O) groups is 2. The molecule has 0 aliphatic heterocycles. The molecule has 2 N–H and O–H groups in total. The van der Waals surface area contributed by atoms with Gasteiger partial charge in [0.15, 0.2) is 0 Å². The fourth-order valence-corrected chi connectivity index (χ4v) is 2.14. The maximum atomic E-state index is 11.7. The number of carboxylic acid groups (broad SMARTS) is 1. The third kappa shape index (κ3) is 5.98. The lowest BCUT2D eigenvalue weighted by Gasteiger charge is -2.17. The number of carbonyl (C=O) groups excluding carboxylic acids is 1. The molecule has 0 atom stereocenters. The molecule has 0 heterocycles. The Balaban J connectivity index is 2.71. The summed E-state index contributed by atoms with van der Waals surface area (Å²) in [6.07, 6.45) is 0. The number of rotatable bonds is 4. The molecule has 0 aliphatic carbocycles. The fourth-order valence-electron chi connectivity index (χ4n) is 1.26. The monoisotopic (exact) mass is 301 g/mol. The molecular formula is C13H16ClNO3S. The van der Waals surface area contributed by atoms with Crippen molar-refractivity contribution < 1.29 is 14.7 Å². The Labute approximate surface area is 121 Å². The van der Waals surface area contributed by atoms with Crippen molar-refractivity contribution in [1.29, 1.82) is 0 Å². The maximum Gasteiger partial charge on any atom is 0.335 e. The Hall–Kier alpha value is -1.20. The van der Waals surface area contributed by atoms with Gasteiger partial charge in [0.2, 0.25) is 5.91 Å². The number of hydrogen-bond donors (Lipinski definition) is 2. The molecule has 0 spiro atoms. The molecule has 0 aromatic heterocycles. The third-order valence-electron chi connectivity index (χ3n) is 2.06. The van der Waals surface area contributed by atoms with Crippen LogP contribution in [0.2, 0.25) is 5.02 Å². The van der Waals surface area contributed by atoms with Crippen molar-refractivity contribution in [2.45, 2.75) is 25.5 Å². The normalized spacial score (nSPS) is 11.2. The van der Waals surface area contributed by atoms with E-state index in [9.17, 15) is 9.59 Å². The smallest absolute Gasteiger partial charge is 0.335 e. The molecule has 0 saturated carbocycles. The second-order valence-electron chi connectivity index (χ2n) is 4.98. The van der Waals surface area contributed by atoms with Gasteiger partial charge in [-0.15, -0.1) is 11.8 Å². The standard InChI is InChI=1S/C13H16ClNO3S/c1-13(2,3)19-7-11(16)15-10-5-8(12(17)18)4-9(14)6-10/h4-6H,7H2,1-3H3,(H,15,16)(H,17,18). The lowest BCUT2D eigenvalue weighted by atomic mass is 10.2. The minimum atomic E-state index is -1.08. The number of hydrogen-bond acceptors (Lipinski definition) is 3. The summed E-state index contributed by atoms with van der Waals surface area (Å²) in [5.41, 5.74) is 0.440. The first-order valence-electron chi connectivity index (χ1n) is 5.65. The van der Waals surface area contributed by atoms with Crippen LogP contribution in [0.4, 0.5) is 5.69 Å². The number of halogens is 1. The predicted octanol–water partition coefficient (Wildman–Crippen LogP) is 3.51. The second kappa shape index (κ2) is 6.30. The molecule has 6 heteroatoms. The van der Waals surface area contributed by atoms with Gasteiger partial charge in [-0.05, 0) is 18.2 Å². The molecule has 1 amide bonds. The van der Waals surface area contributed by atoms with E-state index >= 15 is 0 Å². The summed E-state index contributed by atoms with van der Waals surface area (Å²) in [6, 6.07) is 4.24. The maximum absolute atomic E-state index is 11.7. The Bertz CT molecular complexity index is 497. The van der Waals surface area contributed by atoms with Gasteiger partial charge in [0.1, 0.15) is 0 Å². The van der Waals surface area contributed by atoms with Crippen molar-refractivity contribution in [3.8, 4) is 0 Å². The number of carboxylic acids is 1. The van der Waals surface area contributed by atoms with Gasteiger partial charge in [0.05, 0.1) is 11.3 Å². The minimum absolute atomic E-state index is 0.00209. The zero-order chi connectivity index (χ0) is 14.6. The van der Waals surface area contributed by atoms with Crippen molar-refractivity contribution in [1.82, 2.24) is 0 Å². The van der Waals surface area contributed by atoms with E-state index in [1.807, 2.05) is 20.8 Å². The zero-order valence-electron chi connectivity index (χ0n) is 11.0. The van der Waals surface area contributed by atoms with Crippen LogP contribution in [0.5, 0.6) is 0 Å². The summed E-state index contributed by atoms with van der Waals surface area (Å²) in [4.78, 5) is 22.6. The first kappa shape index (κ1) is 15.9. The summed E-state index contributed by atoms with van der Waals surface area (Å²) in [7, 11) is 0. The average Bonchev–Trinajstić information content (AvgIpc) is 2.24. The summed E-state index contributed by atoms with van der Waals surface area (Å²) < 4.78 is -0.00209. The molecule has 1 rings (SSSR count). The SMILES string of the molecule is CC(C)(C)SCC(=O)Nc1cc(Cl)cc(C(=O)O)c1. The van der Waals surface area contributed by atoms with Crippen LogP contribution in [0.1, 0.15) is 31.1 Å². The Morgan fingerprint density at radius 3 is 2.47 bits per heavy atom. The predicted molar refractivity (Wildman–Crippen MR) is 79.3 cm³/mol. The molecule has 104 valence electrons. The van der Waals surface area contributed by atoms with Crippen LogP contribution in [0, 0.1) is 0 Å². The van der Waals surface area contributed by atoms with Crippen molar-refractivity contribution in [3.05, 3.63) is 28.8 Å². The van der Waals surface area contributed by atoms with Crippen LogP contribution in [-0.2, 0) is 4.79 Å². The first-order chi connectivity index (χ1) is 8.67. The number of aromatic carboxylic acids is 1. The van der Waals surface area contributed by atoms with E-state index in [4.69, 9.17) is 16.7 Å². The van der Waals surface area contributed by atoms with E-state index < -0.39 is 5.97 Å². The summed E-state index contributed by atoms with van der Waals surface area (Å²) in [5, 5.41) is 11.8. The quantitative estimate of drug-likeness (QED) is 0.893. The number of anilines is 1. The molecule has 19 heavy (non-hydrogen) atoms. The summed E-state index contributed by atoms with van der Waals surface area (Å²) in [6.45, 7) is 6.06. The van der Waals surface area contributed by atoms with Gasteiger partial charge >= 0.3 is 5.97 Å². The van der Waals surface area contributed by atoms with E-state index in [-0.39, 0.29) is 21.2 Å². The van der Waals surface area contributed by atoms with Crippen molar-refractivity contribution >= 4 is 40.9 Å². The molecule has 1 aromatic rings. The summed E-state index contributed by atoms with van der Waals surface area (Å²) >= 11 is 7.32. The van der Waals surface area contributed by atoms with Crippen LogP contribution in [0.25, 0.3) is 0 Å². The number of thioether (sulfide) groups is 1. The highest BCUT2D eigenvalue weighted by molar-refractivity contribution is 8.01. The molecule has 4 nitrogen and oxygen atoms in total. The number of benzene rings is 1. The van der Waals surface area contributed by atoms with Crippen LogP contribution in [0.15, 0.2) is 18.2 Å². The Kier molecular flexibility index (Phi) is 5.26. The van der Waals surface area contributed by atoms with Gasteiger partial charge in [-0.3, -0.25) is 4.79 Å². The van der Waals surface area contributed by atoms with Crippen LogP contribution in [0.3, 0.4) is 0 Å². The van der Waals surface area contributed by atoms with E-state index in [2.05, 4.69) is 5.32 Å². The van der Waals surface area contributed by atoms with Gasteiger partial charge in [0.25, 0.3) is 0 Å². The highest BCUT2D eigenvalue weighted by Gasteiger charge is 2.14. The van der Waals surface area contributed by atoms with Crippen LogP contribution in [-0.4, -0.2) is 27.5 Å².